The normalized spacial score (nSPS) is 10.3. The number of nitrogens with zero attached hydrogens (tertiary/aromatic N) is 1. The summed E-state index contributed by atoms with van der Waals surface area (Å²) in [6.07, 6.45) is -0.531. The number of carbonyl (C=O) groups is 1. The minimum Gasteiger partial charge on any atom is -0.506 e. The van der Waals surface area contributed by atoms with E-state index < -0.39 is 6.09 Å². The summed E-state index contributed by atoms with van der Waals surface area (Å²) in [4.78, 5) is 14.2. The number of aromatic hydroxyl groups is 1. The summed E-state index contributed by atoms with van der Waals surface area (Å²) in [5.41, 5.74) is 1.93. The van der Waals surface area contributed by atoms with Crippen LogP contribution in [0.4, 0.5) is 16.2 Å². The second-order valence-electron chi connectivity index (χ2n) is 5.31. The molecule has 0 saturated heterocycles. The summed E-state index contributed by atoms with van der Waals surface area (Å²) in [6.45, 7) is -0.0395. The van der Waals surface area contributed by atoms with Gasteiger partial charge in [-0.1, -0.05) is 60.1 Å². The molecule has 3 rings (SSSR count). The highest BCUT2D eigenvalue weighted by Crippen LogP contribution is 2.29. The van der Waals surface area contributed by atoms with Crippen molar-refractivity contribution in [1.29, 1.82) is 0 Å². The van der Waals surface area contributed by atoms with Crippen LogP contribution < -0.4 is 4.90 Å². The van der Waals surface area contributed by atoms with Crippen molar-refractivity contribution in [2.24, 2.45) is 0 Å². The predicted octanol–water partition coefficient (Wildman–Crippen LogP) is 5.52. The number of ether oxygens (including phenoxy) is 1. The zero-order chi connectivity index (χ0) is 17.6. The molecule has 1 amide bonds. The van der Waals surface area contributed by atoms with Gasteiger partial charge in [-0.3, -0.25) is 0 Å². The van der Waals surface area contributed by atoms with Crippen molar-refractivity contribution < 1.29 is 14.6 Å². The number of anilines is 2. The summed E-state index contributed by atoms with van der Waals surface area (Å²) in [6, 6.07) is 23.3. The Morgan fingerprint density at radius 2 is 1.44 bits per heavy atom. The van der Waals surface area contributed by atoms with Crippen LogP contribution in [-0.4, -0.2) is 11.2 Å². The van der Waals surface area contributed by atoms with E-state index >= 15 is 0 Å². The number of hydrogen-bond donors (Lipinski definition) is 1. The second-order valence-corrected chi connectivity index (χ2v) is 5.69. The Hall–Kier alpha value is -2.98. The van der Waals surface area contributed by atoms with E-state index in [1.54, 1.807) is 12.1 Å². The van der Waals surface area contributed by atoms with Crippen molar-refractivity contribution in [1.82, 2.24) is 0 Å². The molecule has 0 atom stereocenters. The topological polar surface area (TPSA) is 49.8 Å². The van der Waals surface area contributed by atoms with Crippen LogP contribution in [0.25, 0.3) is 0 Å². The number of amides is 1. The molecular formula is C20H16ClNO3. The van der Waals surface area contributed by atoms with E-state index in [9.17, 15) is 9.90 Å². The fourth-order valence-electron chi connectivity index (χ4n) is 2.40. The first kappa shape index (κ1) is 16.9. The van der Waals surface area contributed by atoms with E-state index in [0.717, 1.165) is 0 Å². The van der Waals surface area contributed by atoms with Crippen molar-refractivity contribution in [3.8, 4) is 5.75 Å². The molecule has 0 saturated carbocycles. The molecule has 126 valence electrons. The Morgan fingerprint density at radius 3 is 2.00 bits per heavy atom. The van der Waals surface area contributed by atoms with E-state index in [4.69, 9.17) is 16.3 Å². The summed E-state index contributed by atoms with van der Waals surface area (Å²) in [5.74, 6) is -0.0433. The molecular weight excluding hydrogens is 338 g/mol. The fraction of sp³-hybridized carbons (Fsp3) is 0.0500. The van der Waals surface area contributed by atoms with E-state index in [2.05, 4.69) is 0 Å². The quantitative estimate of drug-likeness (QED) is 0.671. The van der Waals surface area contributed by atoms with Crippen LogP contribution in [0.3, 0.4) is 0 Å². The van der Waals surface area contributed by atoms with Crippen molar-refractivity contribution in [2.75, 3.05) is 4.90 Å². The average Bonchev–Trinajstić information content (AvgIpc) is 2.65. The highest BCUT2D eigenvalue weighted by molar-refractivity contribution is 6.32. The van der Waals surface area contributed by atoms with Gasteiger partial charge in [-0.2, -0.15) is 0 Å². The molecule has 5 heteroatoms. The van der Waals surface area contributed by atoms with Crippen molar-refractivity contribution >= 4 is 29.1 Å². The minimum absolute atomic E-state index is 0.0395. The Labute approximate surface area is 150 Å². The van der Waals surface area contributed by atoms with Crippen LogP contribution in [0.15, 0.2) is 78.9 Å². The average molecular weight is 354 g/mol. The molecule has 3 aromatic rings. The third kappa shape index (κ3) is 3.92. The summed E-state index contributed by atoms with van der Waals surface area (Å²) in [5, 5.41) is 9.83. The number of carbonyl (C=O) groups excluding carboxylic acids is 1. The number of phenols is 1. The maximum absolute atomic E-state index is 12.7. The predicted molar refractivity (Wildman–Crippen MR) is 98.3 cm³/mol. The standard InChI is InChI=1S/C20H16ClNO3/c21-19-15(8-7-13-18(19)23)14-25-20(24)22(16-9-3-1-4-10-16)17-11-5-2-6-12-17/h1-13,23H,14H2. The van der Waals surface area contributed by atoms with Crippen molar-refractivity contribution in [2.45, 2.75) is 6.61 Å². The van der Waals surface area contributed by atoms with Gasteiger partial charge in [-0.25, -0.2) is 9.69 Å². The number of para-hydroxylation sites is 2. The van der Waals surface area contributed by atoms with Gasteiger partial charge in [0.2, 0.25) is 0 Å². The van der Waals surface area contributed by atoms with Gasteiger partial charge in [0.15, 0.2) is 0 Å². The molecule has 1 N–H and O–H groups in total. The fourth-order valence-corrected chi connectivity index (χ4v) is 2.58. The summed E-state index contributed by atoms with van der Waals surface area (Å²) in [7, 11) is 0. The smallest absolute Gasteiger partial charge is 0.419 e. The Balaban J connectivity index is 1.84. The molecule has 0 aliphatic rings. The van der Waals surface area contributed by atoms with Crippen LogP contribution in [0, 0.1) is 0 Å². The molecule has 0 spiro atoms. The van der Waals surface area contributed by atoms with E-state index in [0.29, 0.717) is 16.9 Å². The lowest BCUT2D eigenvalue weighted by Gasteiger charge is -2.22. The number of hydrogen-bond acceptors (Lipinski definition) is 3. The Morgan fingerprint density at radius 1 is 0.880 bits per heavy atom. The van der Waals surface area contributed by atoms with Gasteiger partial charge in [-0.15, -0.1) is 0 Å². The lowest BCUT2D eigenvalue weighted by Crippen LogP contribution is -2.26. The van der Waals surface area contributed by atoms with Crippen molar-refractivity contribution in [3.63, 3.8) is 0 Å². The number of rotatable bonds is 4. The first-order chi connectivity index (χ1) is 12.2. The van der Waals surface area contributed by atoms with E-state index in [1.165, 1.54) is 11.0 Å². The molecule has 0 bridgehead atoms. The molecule has 0 aliphatic heterocycles. The van der Waals surface area contributed by atoms with Gasteiger partial charge >= 0.3 is 6.09 Å². The van der Waals surface area contributed by atoms with Crippen LogP contribution in [0.5, 0.6) is 5.75 Å². The van der Waals surface area contributed by atoms with Crippen LogP contribution in [0.1, 0.15) is 5.56 Å². The molecule has 4 nitrogen and oxygen atoms in total. The van der Waals surface area contributed by atoms with Gasteiger partial charge in [0, 0.05) is 5.56 Å². The monoisotopic (exact) mass is 353 g/mol. The highest BCUT2D eigenvalue weighted by atomic mass is 35.5. The van der Waals surface area contributed by atoms with Gasteiger partial charge in [0.1, 0.15) is 12.4 Å². The molecule has 0 aliphatic carbocycles. The third-order valence-corrected chi connectivity index (χ3v) is 4.06. The molecule has 0 heterocycles. The minimum atomic E-state index is -0.531. The van der Waals surface area contributed by atoms with Gasteiger partial charge in [0.05, 0.1) is 16.4 Å². The lowest BCUT2D eigenvalue weighted by atomic mass is 10.2. The first-order valence-corrected chi connectivity index (χ1v) is 8.08. The number of benzene rings is 3. The summed E-state index contributed by atoms with van der Waals surface area (Å²) >= 11 is 6.04. The maximum Gasteiger partial charge on any atom is 0.419 e. The van der Waals surface area contributed by atoms with Crippen LogP contribution >= 0.6 is 11.6 Å². The molecule has 0 radical (unpaired) electrons. The first-order valence-electron chi connectivity index (χ1n) is 7.70. The van der Waals surface area contributed by atoms with Crippen LogP contribution in [0.2, 0.25) is 5.02 Å². The van der Waals surface area contributed by atoms with Gasteiger partial charge < -0.3 is 9.84 Å². The third-order valence-electron chi connectivity index (χ3n) is 3.62. The Bertz CT molecular complexity index is 814. The molecule has 25 heavy (non-hydrogen) atoms. The SMILES string of the molecule is O=C(OCc1cccc(O)c1Cl)N(c1ccccc1)c1ccccc1. The highest BCUT2D eigenvalue weighted by Gasteiger charge is 2.20. The number of halogens is 1. The summed E-state index contributed by atoms with van der Waals surface area (Å²) < 4.78 is 5.43. The lowest BCUT2D eigenvalue weighted by molar-refractivity contribution is 0.150. The number of phenolic OH excluding ortho intramolecular Hbond substituents is 1. The molecule has 0 fully saturated rings. The molecule has 0 unspecified atom stereocenters. The molecule has 0 aromatic heterocycles. The van der Waals surface area contributed by atoms with Crippen molar-refractivity contribution in [3.05, 3.63) is 89.4 Å². The Kier molecular flexibility index (Phi) is 5.21. The second kappa shape index (κ2) is 7.73. The maximum atomic E-state index is 12.7. The van der Waals surface area contributed by atoms with Gasteiger partial charge in [0.25, 0.3) is 0 Å². The van der Waals surface area contributed by atoms with Crippen LogP contribution in [-0.2, 0) is 11.3 Å². The largest absolute Gasteiger partial charge is 0.506 e. The molecule has 3 aromatic carbocycles. The van der Waals surface area contributed by atoms with E-state index in [-0.39, 0.29) is 17.4 Å². The zero-order valence-corrected chi connectivity index (χ0v) is 14.1. The van der Waals surface area contributed by atoms with E-state index in [1.807, 2.05) is 60.7 Å². The zero-order valence-electron chi connectivity index (χ0n) is 13.3. The van der Waals surface area contributed by atoms with Gasteiger partial charge in [-0.05, 0) is 30.3 Å².